The van der Waals surface area contributed by atoms with Gasteiger partial charge >= 0.3 is 0 Å². The molecule has 0 bridgehead atoms. The molecule has 0 aromatic carbocycles. The molecule has 1 atom stereocenters. The molecule has 0 aliphatic carbocycles. The van der Waals surface area contributed by atoms with Crippen LogP contribution in [0.25, 0.3) is 0 Å². The van der Waals surface area contributed by atoms with Gasteiger partial charge in [0.25, 0.3) is 0 Å². The first kappa shape index (κ1) is 10.9. The molecule has 2 heterocycles. The number of nitrogens with one attached hydrogen (secondary N) is 1. The third-order valence-corrected chi connectivity index (χ3v) is 3.56. The van der Waals surface area contributed by atoms with Gasteiger partial charge in [-0.05, 0) is 41.4 Å². The number of aryl methyl sites for hydroxylation is 1. The first-order valence-corrected chi connectivity index (χ1v) is 6.06. The standard InChI is InChI=1S/C11H16BrN3/c1-8-5-11(14-6-10(8)12)15-4-3-13-9(2)7-15/h5-6,9,13H,3-4,7H2,1-2H3/t9-/m1/s1. The van der Waals surface area contributed by atoms with E-state index in [9.17, 15) is 0 Å². The second-order valence-corrected chi connectivity index (χ2v) is 4.95. The minimum Gasteiger partial charge on any atom is -0.354 e. The lowest BCUT2D eigenvalue weighted by atomic mass is 10.2. The lowest BCUT2D eigenvalue weighted by Gasteiger charge is -2.32. The summed E-state index contributed by atoms with van der Waals surface area (Å²) in [6.45, 7) is 7.42. The van der Waals surface area contributed by atoms with Crippen molar-refractivity contribution >= 4 is 21.7 Å². The van der Waals surface area contributed by atoms with Crippen molar-refractivity contribution in [2.45, 2.75) is 19.9 Å². The van der Waals surface area contributed by atoms with E-state index in [4.69, 9.17) is 0 Å². The van der Waals surface area contributed by atoms with E-state index in [0.717, 1.165) is 29.9 Å². The second kappa shape index (κ2) is 4.49. The fourth-order valence-electron chi connectivity index (χ4n) is 1.84. The SMILES string of the molecule is Cc1cc(N2CCN[C@H](C)C2)ncc1Br. The van der Waals surface area contributed by atoms with E-state index in [1.807, 2.05) is 6.20 Å². The summed E-state index contributed by atoms with van der Waals surface area (Å²) < 4.78 is 1.08. The first-order chi connectivity index (χ1) is 7.16. The van der Waals surface area contributed by atoms with Crippen molar-refractivity contribution in [2.75, 3.05) is 24.5 Å². The van der Waals surface area contributed by atoms with Crippen molar-refractivity contribution in [3.8, 4) is 0 Å². The van der Waals surface area contributed by atoms with E-state index in [1.54, 1.807) is 0 Å². The van der Waals surface area contributed by atoms with Gasteiger partial charge in [-0.25, -0.2) is 4.98 Å². The zero-order valence-electron chi connectivity index (χ0n) is 9.13. The average molecular weight is 270 g/mol. The minimum absolute atomic E-state index is 0.546. The van der Waals surface area contributed by atoms with E-state index in [0.29, 0.717) is 6.04 Å². The summed E-state index contributed by atoms with van der Waals surface area (Å²) in [5.41, 5.74) is 1.24. The number of pyridine rings is 1. The summed E-state index contributed by atoms with van der Waals surface area (Å²) in [6.07, 6.45) is 1.89. The van der Waals surface area contributed by atoms with Crippen molar-refractivity contribution in [1.82, 2.24) is 10.3 Å². The van der Waals surface area contributed by atoms with Crippen LogP contribution in [0.5, 0.6) is 0 Å². The Hall–Kier alpha value is -0.610. The van der Waals surface area contributed by atoms with Crippen molar-refractivity contribution in [1.29, 1.82) is 0 Å². The summed E-state index contributed by atoms with van der Waals surface area (Å²) in [5.74, 6) is 1.09. The molecule has 1 aromatic rings. The van der Waals surface area contributed by atoms with Crippen LogP contribution in [0.4, 0.5) is 5.82 Å². The highest BCUT2D eigenvalue weighted by Crippen LogP contribution is 2.20. The number of halogens is 1. The Balaban J connectivity index is 2.18. The van der Waals surface area contributed by atoms with E-state index in [1.165, 1.54) is 5.56 Å². The number of nitrogens with zero attached hydrogens (tertiary/aromatic N) is 2. The summed E-state index contributed by atoms with van der Waals surface area (Å²) in [7, 11) is 0. The highest BCUT2D eigenvalue weighted by atomic mass is 79.9. The molecule has 1 aliphatic rings. The molecule has 0 unspecified atom stereocenters. The molecule has 1 fully saturated rings. The van der Waals surface area contributed by atoms with Crippen LogP contribution in [0.1, 0.15) is 12.5 Å². The van der Waals surface area contributed by atoms with Gasteiger partial charge in [-0.1, -0.05) is 0 Å². The molecule has 2 rings (SSSR count). The normalized spacial score (nSPS) is 21.8. The van der Waals surface area contributed by atoms with Crippen LogP contribution in [0, 0.1) is 6.92 Å². The first-order valence-electron chi connectivity index (χ1n) is 5.27. The summed E-state index contributed by atoms with van der Waals surface area (Å²) in [5, 5.41) is 3.43. The number of piperazine rings is 1. The van der Waals surface area contributed by atoms with Crippen LogP contribution in [0.3, 0.4) is 0 Å². The Morgan fingerprint density at radius 1 is 1.60 bits per heavy atom. The summed E-state index contributed by atoms with van der Waals surface area (Å²) in [4.78, 5) is 6.78. The number of hydrogen-bond acceptors (Lipinski definition) is 3. The molecular formula is C11H16BrN3. The maximum atomic E-state index is 4.45. The molecule has 1 aliphatic heterocycles. The highest BCUT2D eigenvalue weighted by molar-refractivity contribution is 9.10. The highest BCUT2D eigenvalue weighted by Gasteiger charge is 2.16. The topological polar surface area (TPSA) is 28.2 Å². The molecule has 0 amide bonds. The zero-order chi connectivity index (χ0) is 10.8. The maximum Gasteiger partial charge on any atom is 0.128 e. The van der Waals surface area contributed by atoms with Gasteiger partial charge in [0.05, 0.1) is 0 Å². The Kier molecular flexibility index (Phi) is 3.26. The molecule has 1 saturated heterocycles. The molecule has 0 radical (unpaired) electrons. The van der Waals surface area contributed by atoms with Gasteiger partial charge in [0, 0.05) is 36.3 Å². The second-order valence-electron chi connectivity index (χ2n) is 4.09. The van der Waals surface area contributed by atoms with Gasteiger partial charge in [0.15, 0.2) is 0 Å². The third-order valence-electron chi connectivity index (χ3n) is 2.73. The van der Waals surface area contributed by atoms with Gasteiger partial charge in [-0.3, -0.25) is 0 Å². The maximum absolute atomic E-state index is 4.45. The third kappa shape index (κ3) is 2.49. The lowest BCUT2D eigenvalue weighted by molar-refractivity contribution is 0.482. The lowest BCUT2D eigenvalue weighted by Crippen LogP contribution is -2.49. The fourth-order valence-corrected chi connectivity index (χ4v) is 2.05. The Morgan fingerprint density at radius 3 is 3.07 bits per heavy atom. The molecule has 0 spiro atoms. The van der Waals surface area contributed by atoms with Gasteiger partial charge in [0.1, 0.15) is 5.82 Å². The van der Waals surface area contributed by atoms with Crippen LogP contribution in [-0.4, -0.2) is 30.7 Å². The van der Waals surface area contributed by atoms with Crippen molar-refractivity contribution in [2.24, 2.45) is 0 Å². The van der Waals surface area contributed by atoms with Crippen molar-refractivity contribution in [3.05, 3.63) is 22.3 Å². The van der Waals surface area contributed by atoms with Crippen LogP contribution in [0.2, 0.25) is 0 Å². The molecule has 82 valence electrons. The molecule has 4 heteroatoms. The minimum atomic E-state index is 0.546. The van der Waals surface area contributed by atoms with E-state index in [-0.39, 0.29) is 0 Å². The zero-order valence-corrected chi connectivity index (χ0v) is 10.7. The average Bonchev–Trinajstić information content (AvgIpc) is 2.22. The van der Waals surface area contributed by atoms with Gasteiger partial charge < -0.3 is 10.2 Å². The predicted molar refractivity (Wildman–Crippen MR) is 66.4 cm³/mol. The van der Waals surface area contributed by atoms with E-state index < -0.39 is 0 Å². The van der Waals surface area contributed by atoms with Crippen LogP contribution in [-0.2, 0) is 0 Å². The Morgan fingerprint density at radius 2 is 2.40 bits per heavy atom. The Bertz CT molecular complexity index is 354. The quantitative estimate of drug-likeness (QED) is 0.845. The van der Waals surface area contributed by atoms with Crippen molar-refractivity contribution < 1.29 is 0 Å². The number of hydrogen-bond donors (Lipinski definition) is 1. The van der Waals surface area contributed by atoms with Crippen molar-refractivity contribution in [3.63, 3.8) is 0 Å². The van der Waals surface area contributed by atoms with Crippen LogP contribution < -0.4 is 10.2 Å². The molecule has 0 saturated carbocycles. The van der Waals surface area contributed by atoms with Gasteiger partial charge in [-0.2, -0.15) is 0 Å². The fraction of sp³-hybridized carbons (Fsp3) is 0.545. The van der Waals surface area contributed by atoms with E-state index >= 15 is 0 Å². The predicted octanol–water partition coefficient (Wildman–Crippen LogP) is 1.95. The van der Waals surface area contributed by atoms with Gasteiger partial charge in [0.2, 0.25) is 0 Å². The van der Waals surface area contributed by atoms with Crippen LogP contribution in [0.15, 0.2) is 16.7 Å². The molecular weight excluding hydrogens is 254 g/mol. The van der Waals surface area contributed by atoms with Crippen LogP contribution >= 0.6 is 15.9 Å². The monoisotopic (exact) mass is 269 g/mol. The molecule has 1 N–H and O–H groups in total. The number of anilines is 1. The molecule has 15 heavy (non-hydrogen) atoms. The number of rotatable bonds is 1. The summed E-state index contributed by atoms with van der Waals surface area (Å²) in [6, 6.07) is 2.69. The molecule has 3 nitrogen and oxygen atoms in total. The summed E-state index contributed by atoms with van der Waals surface area (Å²) >= 11 is 3.47. The van der Waals surface area contributed by atoms with Gasteiger partial charge in [-0.15, -0.1) is 0 Å². The number of aromatic nitrogens is 1. The Labute approximate surface area is 99.0 Å². The smallest absolute Gasteiger partial charge is 0.128 e. The molecule has 1 aromatic heterocycles. The van der Waals surface area contributed by atoms with E-state index in [2.05, 4.69) is 51.0 Å². The largest absolute Gasteiger partial charge is 0.354 e.